The van der Waals surface area contributed by atoms with E-state index in [0.29, 0.717) is 5.92 Å². The van der Waals surface area contributed by atoms with Crippen molar-refractivity contribution in [3.05, 3.63) is 143 Å². The van der Waals surface area contributed by atoms with Crippen LogP contribution in [0.5, 0.6) is 0 Å². The average molecular weight is 427 g/mol. The highest BCUT2D eigenvalue weighted by Gasteiger charge is 2.50. The highest BCUT2D eigenvalue weighted by atomic mass is 32.1. The van der Waals surface area contributed by atoms with Crippen LogP contribution >= 0.6 is 11.3 Å². The lowest BCUT2D eigenvalue weighted by molar-refractivity contribution is 0.699. The van der Waals surface area contributed by atoms with Crippen LogP contribution in [-0.2, 0) is 5.41 Å². The Balaban J connectivity index is 1.69. The van der Waals surface area contributed by atoms with E-state index in [-0.39, 0.29) is 5.41 Å². The van der Waals surface area contributed by atoms with Gasteiger partial charge in [-0.3, -0.25) is 0 Å². The molecule has 32 heavy (non-hydrogen) atoms. The summed E-state index contributed by atoms with van der Waals surface area (Å²) >= 11 is 1.94. The molecular formula is C31H22S. The standard InChI is InChI=1S/C31H22S/c1-2-11-21(12-3-1)31(26-17-7-4-13-22(26)23-14-5-8-18-27(23)31)28-19-10-16-25-24-15-6-9-20-29(24)32-30(25)28/h1-13,15-20,23H,14H2. The van der Waals surface area contributed by atoms with Crippen molar-refractivity contribution in [3.63, 3.8) is 0 Å². The first-order chi connectivity index (χ1) is 15.9. The van der Waals surface area contributed by atoms with Crippen LogP contribution in [0.1, 0.15) is 34.6 Å². The summed E-state index contributed by atoms with van der Waals surface area (Å²) in [7, 11) is 0. The highest BCUT2D eigenvalue weighted by Crippen LogP contribution is 2.60. The Morgan fingerprint density at radius 3 is 2.38 bits per heavy atom. The number of hydrogen-bond donors (Lipinski definition) is 0. The van der Waals surface area contributed by atoms with Crippen LogP contribution in [0.25, 0.3) is 20.2 Å². The van der Waals surface area contributed by atoms with Gasteiger partial charge in [0.1, 0.15) is 0 Å². The van der Waals surface area contributed by atoms with Crippen LogP contribution in [0.4, 0.5) is 0 Å². The van der Waals surface area contributed by atoms with Crippen molar-refractivity contribution < 1.29 is 0 Å². The molecule has 1 heterocycles. The fourth-order valence-corrected chi connectivity index (χ4v) is 7.39. The van der Waals surface area contributed by atoms with E-state index in [4.69, 9.17) is 0 Å². The third-order valence-electron chi connectivity index (χ3n) is 7.35. The average Bonchev–Trinajstić information content (AvgIpc) is 3.39. The normalized spacial score (nSPS) is 21.5. The molecule has 0 nitrogen and oxygen atoms in total. The number of allylic oxidation sites excluding steroid dienone is 4. The van der Waals surface area contributed by atoms with Gasteiger partial charge >= 0.3 is 0 Å². The monoisotopic (exact) mass is 426 g/mol. The third kappa shape index (κ3) is 2.27. The first-order valence-corrected chi connectivity index (χ1v) is 12.1. The molecule has 0 fully saturated rings. The van der Waals surface area contributed by atoms with Crippen LogP contribution in [0.3, 0.4) is 0 Å². The van der Waals surface area contributed by atoms with Crippen LogP contribution in [0.15, 0.2) is 121 Å². The van der Waals surface area contributed by atoms with E-state index in [1.54, 1.807) is 0 Å². The van der Waals surface area contributed by atoms with E-state index in [9.17, 15) is 0 Å². The summed E-state index contributed by atoms with van der Waals surface area (Å²) in [5.74, 6) is 0.432. The molecule has 0 radical (unpaired) electrons. The van der Waals surface area contributed by atoms with Gasteiger partial charge in [-0.1, -0.05) is 109 Å². The molecule has 0 saturated heterocycles. The fourth-order valence-electron chi connectivity index (χ4n) is 6.12. The predicted octanol–water partition coefficient (Wildman–Crippen LogP) is 8.37. The second-order valence-electron chi connectivity index (χ2n) is 8.82. The maximum atomic E-state index is 2.40. The summed E-state index contributed by atoms with van der Waals surface area (Å²) in [4.78, 5) is 0. The Kier molecular flexibility index (Phi) is 3.86. The van der Waals surface area contributed by atoms with Crippen molar-refractivity contribution in [2.75, 3.05) is 0 Å². The molecular weight excluding hydrogens is 404 g/mol. The van der Waals surface area contributed by atoms with Gasteiger partial charge in [0.15, 0.2) is 0 Å². The van der Waals surface area contributed by atoms with Crippen LogP contribution in [0.2, 0.25) is 0 Å². The van der Waals surface area contributed by atoms with E-state index < -0.39 is 0 Å². The molecule has 0 spiro atoms. The highest BCUT2D eigenvalue weighted by molar-refractivity contribution is 7.26. The van der Waals surface area contributed by atoms with Gasteiger partial charge in [-0.05, 0) is 40.3 Å². The molecule has 0 saturated carbocycles. The number of fused-ring (bicyclic) bond motifs is 6. The molecule has 2 aliphatic rings. The van der Waals surface area contributed by atoms with E-state index in [2.05, 4.69) is 115 Å². The smallest absolute Gasteiger partial charge is 0.0687 e. The van der Waals surface area contributed by atoms with Gasteiger partial charge < -0.3 is 0 Å². The quantitative estimate of drug-likeness (QED) is 0.266. The molecule has 7 rings (SSSR count). The number of benzene rings is 4. The molecule has 1 heteroatoms. The molecule has 152 valence electrons. The lowest BCUT2D eigenvalue weighted by Gasteiger charge is -2.36. The minimum Gasteiger partial charge on any atom is -0.135 e. The maximum absolute atomic E-state index is 2.40. The maximum Gasteiger partial charge on any atom is 0.0687 e. The van der Waals surface area contributed by atoms with E-state index in [0.717, 1.165) is 6.42 Å². The Morgan fingerprint density at radius 1 is 0.688 bits per heavy atom. The van der Waals surface area contributed by atoms with E-state index >= 15 is 0 Å². The van der Waals surface area contributed by atoms with Gasteiger partial charge in [0.2, 0.25) is 0 Å². The van der Waals surface area contributed by atoms with Gasteiger partial charge in [-0.2, -0.15) is 0 Å². The van der Waals surface area contributed by atoms with Crippen molar-refractivity contribution in [2.24, 2.45) is 0 Å². The minimum absolute atomic E-state index is 0.270. The zero-order valence-electron chi connectivity index (χ0n) is 17.7. The largest absolute Gasteiger partial charge is 0.135 e. The summed E-state index contributed by atoms with van der Waals surface area (Å²) < 4.78 is 2.77. The zero-order chi connectivity index (χ0) is 21.1. The summed E-state index contributed by atoms with van der Waals surface area (Å²) in [5, 5.41) is 2.73. The molecule has 0 N–H and O–H groups in total. The van der Waals surface area contributed by atoms with E-state index in [1.807, 2.05) is 11.3 Å². The second-order valence-corrected chi connectivity index (χ2v) is 9.87. The van der Waals surface area contributed by atoms with Gasteiger partial charge in [-0.15, -0.1) is 11.3 Å². The lowest BCUT2D eigenvalue weighted by Crippen LogP contribution is -2.29. The van der Waals surface area contributed by atoms with E-state index in [1.165, 1.54) is 48.0 Å². The fraction of sp³-hybridized carbons (Fsp3) is 0.0968. The van der Waals surface area contributed by atoms with Gasteiger partial charge in [-0.25, -0.2) is 0 Å². The predicted molar refractivity (Wildman–Crippen MR) is 137 cm³/mol. The van der Waals surface area contributed by atoms with Crippen molar-refractivity contribution in [1.82, 2.24) is 0 Å². The summed E-state index contributed by atoms with van der Waals surface area (Å²) in [5.41, 5.74) is 6.94. The van der Waals surface area contributed by atoms with Crippen molar-refractivity contribution in [2.45, 2.75) is 17.8 Å². The third-order valence-corrected chi connectivity index (χ3v) is 8.57. The van der Waals surface area contributed by atoms with Crippen molar-refractivity contribution >= 4 is 31.5 Å². The molecule has 0 aliphatic heterocycles. The number of thiophene rings is 1. The molecule has 5 aromatic rings. The SMILES string of the molecule is C1=CCC2C(=C1)C(c1ccccc1)(c1cccc3c1sc1ccccc13)c1ccccc12. The van der Waals surface area contributed by atoms with Crippen molar-refractivity contribution in [3.8, 4) is 0 Å². The molecule has 2 aliphatic carbocycles. The summed E-state index contributed by atoms with van der Waals surface area (Å²) in [6.45, 7) is 0. The first-order valence-electron chi connectivity index (χ1n) is 11.3. The first kappa shape index (κ1) is 18.2. The summed E-state index contributed by atoms with van der Waals surface area (Å²) in [6, 6.07) is 36.1. The topological polar surface area (TPSA) is 0 Å². The van der Waals surface area contributed by atoms with Crippen LogP contribution in [0, 0.1) is 0 Å². The molecule has 2 unspecified atom stereocenters. The van der Waals surface area contributed by atoms with Gasteiger partial charge in [0, 0.05) is 26.1 Å². The zero-order valence-corrected chi connectivity index (χ0v) is 18.5. The molecule has 0 bridgehead atoms. The Labute approximate surface area is 192 Å². The Bertz CT molecular complexity index is 1550. The molecule has 0 amide bonds. The number of hydrogen-bond acceptors (Lipinski definition) is 1. The molecule has 4 aromatic carbocycles. The van der Waals surface area contributed by atoms with Crippen LogP contribution in [-0.4, -0.2) is 0 Å². The second kappa shape index (κ2) is 6.79. The Morgan fingerprint density at radius 2 is 1.44 bits per heavy atom. The number of rotatable bonds is 2. The molecule has 1 aromatic heterocycles. The van der Waals surface area contributed by atoms with Crippen molar-refractivity contribution in [1.29, 1.82) is 0 Å². The van der Waals surface area contributed by atoms with Crippen LogP contribution < -0.4 is 0 Å². The Hall–Kier alpha value is -3.42. The molecule has 2 atom stereocenters. The summed E-state index contributed by atoms with van der Waals surface area (Å²) in [6.07, 6.45) is 8.06. The lowest BCUT2D eigenvalue weighted by atomic mass is 9.66. The van der Waals surface area contributed by atoms with Gasteiger partial charge in [0.25, 0.3) is 0 Å². The van der Waals surface area contributed by atoms with Gasteiger partial charge in [0.05, 0.1) is 5.41 Å². The minimum atomic E-state index is -0.270.